The third-order valence-corrected chi connectivity index (χ3v) is 4.11. The molecule has 0 aliphatic carbocycles. The molecule has 23 heavy (non-hydrogen) atoms. The van der Waals surface area contributed by atoms with Crippen molar-refractivity contribution in [1.29, 1.82) is 0 Å². The standard InChI is InChI=1S/C16H20N6O/c1-11-14(6-4-8-18-11)22-10-12(9-19-22)13-5-3-7-16(2,20-13)15(17)21-23/h3-6,8-11,18,23H,7H2,1-2H3,(H2,17,21). The molecule has 0 saturated carbocycles. The van der Waals surface area contributed by atoms with Gasteiger partial charge in [0.25, 0.3) is 0 Å². The maximum absolute atomic E-state index is 8.94. The highest BCUT2D eigenvalue weighted by atomic mass is 16.4. The van der Waals surface area contributed by atoms with Crippen LogP contribution in [-0.2, 0) is 0 Å². The molecule has 0 amide bonds. The van der Waals surface area contributed by atoms with Gasteiger partial charge in [-0.05, 0) is 44.7 Å². The number of nitrogens with one attached hydrogen (secondary N) is 1. The third-order valence-electron chi connectivity index (χ3n) is 4.11. The lowest BCUT2D eigenvalue weighted by atomic mass is 9.93. The van der Waals surface area contributed by atoms with E-state index in [1.807, 2.05) is 48.3 Å². The van der Waals surface area contributed by atoms with E-state index in [1.165, 1.54) is 0 Å². The van der Waals surface area contributed by atoms with Crippen LogP contribution in [0.25, 0.3) is 5.70 Å². The van der Waals surface area contributed by atoms with Crippen LogP contribution < -0.4 is 11.1 Å². The average Bonchev–Trinajstić information content (AvgIpc) is 3.04. The van der Waals surface area contributed by atoms with Crippen LogP contribution in [0.2, 0.25) is 0 Å². The van der Waals surface area contributed by atoms with E-state index in [-0.39, 0.29) is 11.9 Å². The van der Waals surface area contributed by atoms with Crippen LogP contribution in [0.5, 0.6) is 0 Å². The van der Waals surface area contributed by atoms with Crippen LogP contribution in [-0.4, -0.2) is 38.1 Å². The lowest BCUT2D eigenvalue weighted by Gasteiger charge is -2.25. The zero-order valence-electron chi connectivity index (χ0n) is 13.1. The predicted molar refractivity (Wildman–Crippen MR) is 90.3 cm³/mol. The van der Waals surface area contributed by atoms with Gasteiger partial charge in [-0.1, -0.05) is 11.2 Å². The van der Waals surface area contributed by atoms with Crippen molar-refractivity contribution in [2.24, 2.45) is 15.9 Å². The van der Waals surface area contributed by atoms with E-state index in [0.29, 0.717) is 6.42 Å². The molecule has 2 unspecified atom stereocenters. The van der Waals surface area contributed by atoms with Crippen molar-refractivity contribution in [3.8, 4) is 0 Å². The first kappa shape index (κ1) is 15.1. The summed E-state index contributed by atoms with van der Waals surface area (Å²) >= 11 is 0. The molecule has 7 heteroatoms. The minimum absolute atomic E-state index is 0.102. The van der Waals surface area contributed by atoms with Gasteiger partial charge in [-0.25, -0.2) is 4.68 Å². The maximum atomic E-state index is 8.94. The molecule has 3 rings (SSSR count). The summed E-state index contributed by atoms with van der Waals surface area (Å²) < 4.78 is 1.84. The molecule has 0 bridgehead atoms. The molecule has 0 spiro atoms. The first-order chi connectivity index (χ1) is 11.0. The Labute approximate surface area is 134 Å². The van der Waals surface area contributed by atoms with Crippen molar-refractivity contribution in [1.82, 2.24) is 15.1 Å². The van der Waals surface area contributed by atoms with Crippen molar-refractivity contribution in [3.05, 3.63) is 48.5 Å². The molecule has 0 radical (unpaired) electrons. The van der Waals surface area contributed by atoms with E-state index in [2.05, 4.69) is 27.5 Å². The van der Waals surface area contributed by atoms with E-state index in [9.17, 15) is 0 Å². The smallest absolute Gasteiger partial charge is 0.167 e. The van der Waals surface area contributed by atoms with Crippen LogP contribution in [0.4, 0.5) is 0 Å². The number of hydrogen-bond acceptors (Lipinski definition) is 5. The second-order valence-corrected chi connectivity index (χ2v) is 5.88. The molecule has 0 fully saturated rings. The van der Waals surface area contributed by atoms with Gasteiger partial charge in [0.05, 0.1) is 23.6 Å². The highest BCUT2D eigenvalue weighted by molar-refractivity contribution is 6.11. The Hall–Kier alpha value is -2.83. The number of rotatable bonds is 3. The molecule has 3 heterocycles. The molecule has 0 saturated heterocycles. The molecular formula is C16H20N6O. The van der Waals surface area contributed by atoms with Gasteiger partial charge >= 0.3 is 0 Å². The predicted octanol–water partition coefficient (Wildman–Crippen LogP) is 1.48. The fourth-order valence-electron chi connectivity index (χ4n) is 2.63. The topological polar surface area (TPSA) is 101 Å². The van der Waals surface area contributed by atoms with Crippen LogP contribution in [0.15, 0.2) is 53.0 Å². The Morgan fingerprint density at radius 3 is 3.13 bits per heavy atom. The van der Waals surface area contributed by atoms with Gasteiger partial charge in [0.2, 0.25) is 0 Å². The molecule has 120 valence electrons. The third kappa shape index (κ3) is 2.77. The quantitative estimate of drug-likeness (QED) is 0.340. The van der Waals surface area contributed by atoms with E-state index < -0.39 is 5.54 Å². The SMILES string of the molecule is CC1NC=CC=C1n1cc(C2=NC(C)(/C(N)=N/O)CC=C2)cn1. The summed E-state index contributed by atoms with van der Waals surface area (Å²) in [4.78, 5) is 4.64. The number of dihydropyridines is 2. The average molecular weight is 312 g/mol. The van der Waals surface area contributed by atoms with Gasteiger partial charge in [0, 0.05) is 11.8 Å². The maximum Gasteiger partial charge on any atom is 0.167 e. The fraction of sp³-hybridized carbons (Fsp3) is 0.312. The lowest BCUT2D eigenvalue weighted by Crippen LogP contribution is -2.41. The second kappa shape index (κ2) is 5.75. The molecule has 2 atom stereocenters. The molecule has 1 aromatic heterocycles. The van der Waals surface area contributed by atoms with Crippen LogP contribution in [0, 0.1) is 0 Å². The number of nitrogens with zero attached hydrogens (tertiary/aromatic N) is 4. The van der Waals surface area contributed by atoms with Crippen molar-refractivity contribution < 1.29 is 5.21 Å². The summed E-state index contributed by atoms with van der Waals surface area (Å²) in [5.41, 5.74) is 7.75. The van der Waals surface area contributed by atoms with Crippen molar-refractivity contribution >= 4 is 17.2 Å². The molecule has 0 aromatic carbocycles. The molecule has 2 aliphatic rings. The van der Waals surface area contributed by atoms with E-state index >= 15 is 0 Å². The number of nitrogens with two attached hydrogens (primary N) is 1. The monoisotopic (exact) mass is 312 g/mol. The van der Waals surface area contributed by atoms with E-state index in [0.717, 1.165) is 17.0 Å². The van der Waals surface area contributed by atoms with Crippen molar-refractivity contribution in [2.75, 3.05) is 0 Å². The second-order valence-electron chi connectivity index (χ2n) is 5.88. The minimum atomic E-state index is -0.734. The zero-order valence-corrected chi connectivity index (χ0v) is 13.1. The summed E-state index contributed by atoms with van der Waals surface area (Å²) in [6.07, 6.45) is 14.1. The number of hydrogen-bond donors (Lipinski definition) is 3. The molecule has 4 N–H and O–H groups in total. The Morgan fingerprint density at radius 2 is 2.39 bits per heavy atom. The largest absolute Gasteiger partial charge is 0.409 e. The molecule has 7 nitrogen and oxygen atoms in total. The normalized spacial score (nSPS) is 27.4. The summed E-state index contributed by atoms with van der Waals surface area (Å²) in [5, 5.41) is 19.7. The number of aromatic nitrogens is 2. The summed E-state index contributed by atoms with van der Waals surface area (Å²) in [7, 11) is 0. The van der Waals surface area contributed by atoms with Crippen LogP contribution >= 0.6 is 0 Å². The van der Waals surface area contributed by atoms with Gasteiger partial charge in [-0.15, -0.1) is 0 Å². The Kier molecular flexibility index (Phi) is 3.77. The van der Waals surface area contributed by atoms with Gasteiger partial charge in [-0.2, -0.15) is 5.10 Å². The highest BCUT2D eigenvalue weighted by Gasteiger charge is 2.30. The number of allylic oxidation sites excluding steroid dienone is 3. The Bertz CT molecular complexity index is 754. The highest BCUT2D eigenvalue weighted by Crippen LogP contribution is 2.23. The fourth-order valence-corrected chi connectivity index (χ4v) is 2.63. The van der Waals surface area contributed by atoms with Gasteiger partial charge in [0.1, 0.15) is 5.54 Å². The zero-order chi connectivity index (χ0) is 16.4. The summed E-state index contributed by atoms with van der Waals surface area (Å²) in [6.45, 7) is 3.92. The number of amidine groups is 1. The van der Waals surface area contributed by atoms with Gasteiger partial charge in [-0.3, -0.25) is 4.99 Å². The molecule has 1 aromatic rings. The Balaban J connectivity index is 1.93. The Morgan fingerprint density at radius 1 is 1.57 bits per heavy atom. The van der Waals surface area contributed by atoms with E-state index in [4.69, 9.17) is 10.9 Å². The van der Waals surface area contributed by atoms with Crippen LogP contribution in [0.1, 0.15) is 25.8 Å². The van der Waals surface area contributed by atoms with Crippen LogP contribution in [0.3, 0.4) is 0 Å². The molecular weight excluding hydrogens is 292 g/mol. The number of oxime groups is 1. The lowest BCUT2D eigenvalue weighted by molar-refractivity contribution is 0.312. The van der Waals surface area contributed by atoms with Crippen molar-refractivity contribution in [2.45, 2.75) is 31.8 Å². The minimum Gasteiger partial charge on any atom is -0.409 e. The van der Waals surface area contributed by atoms with Crippen molar-refractivity contribution in [3.63, 3.8) is 0 Å². The number of aliphatic imine (C=N–C) groups is 1. The first-order valence-corrected chi connectivity index (χ1v) is 7.46. The first-order valence-electron chi connectivity index (χ1n) is 7.46. The van der Waals surface area contributed by atoms with Gasteiger partial charge < -0.3 is 16.3 Å². The summed E-state index contributed by atoms with van der Waals surface area (Å²) in [5.74, 6) is 0.102. The van der Waals surface area contributed by atoms with Gasteiger partial charge in [0.15, 0.2) is 5.84 Å². The molecule has 2 aliphatic heterocycles. The van der Waals surface area contributed by atoms with E-state index in [1.54, 1.807) is 6.20 Å². The summed E-state index contributed by atoms with van der Waals surface area (Å²) in [6, 6.07) is 0.180.